The summed E-state index contributed by atoms with van der Waals surface area (Å²) >= 11 is 1.78. The summed E-state index contributed by atoms with van der Waals surface area (Å²) in [4.78, 5) is 11.4. The smallest absolute Gasteiger partial charge is 0.161 e. The van der Waals surface area contributed by atoms with Gasteiger partial charge in [0.2, 0.25) is 0 Å². The average Bonchev–Trinajstić information content (AvgIpc) is 3.89. The molecule has 0 amide bonds. The maximum atomic E-state index is 6.70. The molecule has 0 atom stereocenters. The molecule has 3 nitrogen and oxygen atoms in total. The lowest BCUT2D eigenvalue weighted by molar-refractivity contribution is 0.436. The van der Waals surface area contributed by atoms with Gasteiger partial charge in [0, 0.05) is 32.3 Å². The Labute approximate surface area is 394 Å². The number of hydrogen-bond acceptors (Lipinski definition) is 4. The Morgan fingerprint density at radius 2 is 1.07 bits per heavy atom. The zero-order valence-corrected chi connectivity index (χ0v) is 39.4. The number of ether oxygens (including phenoxy) is 1. The van der Waals surface area contributed by atoms with Gasteiger partial charge in [0.25, 0.3) is 0 Å². The van der Waals surface area contributed by atoms with Gasteiger partial charge in [-0.25, -0.2) is 9.97 Å². The molecule has 0 unspecified atom stereocenters. The van der Waals surface area contributed by atoms with Crippen molar-refractivity contribution in [3.8, 4) is 56.4 Å². The fourth-order valence-corrected chi connectivity index (χ4v) is 13.9. The second-order valence-corrected chi connectivity index (χ2v) is 26.2. The normalized spacial score (nSPS) is 13.5. The predicted molar refractivity (Wildman–Crippen MR) is 288 cm³/mol. The van der Waals surface area contributed by atoms with E-state index in [-0.39, 0.29) is 0 Å². The topological polar surface area (TPSA) is 35.0 Å². The molecule has 0 saturated heterocycles. The molecule has 0 saturated carbocycles. The van der Waals surface area contributed by atoms with Crippen molar-refractivity contribution in [3.05, 3.63) is 222 Å². The van der Waals surface area contributed by atoms with Crippen molar-refractivity contribution in [2.45, 2.75) is 5.41 Å². The molecule has 1 spiro atoms. The predicted octanol–water partition coefficient (Wildman–Crippen LogP) is 16.7. The van der Waals surface area contributed by atoms with Gasteiger partial charge in [-0.05, 0) is 115 Å². The fourth-order valence-electron chi connectivity index (χ4n) is 11.4. The van der Waals surface area contributed by atoms with Gasteiger partial charge >= 0.3 is 0 Å². The molecular weight excluding hydrogens is 871 g/mol. The molecule has 6 heteroatoms. The van der Waals surface area contributed by atoms with Crippen molar-refractivity contribution in [2.75, 3.05) is 13.3 Å². The van der Waals surface area contributed by atoms with Crippen LogP contribution in [0.1, 0.15) is 22.3 Å². The Bertz CT molecular complexity index is 4060. The first-order valence-corrected chi connectivity index (χ1v) is 27.6. The van der Waals surface area contributed by atoms with Crippen LogP contribution in [0.5, 0.6) is 11.5 Å². The van der Waals surface area contributed by atoms with E-state index in [1.807, 2.05) is 0 Å². The molecule has 14 rings (SSSR count). The van der Waals surface area contributed by atoms with E-state index in [2.05, 4.69) is 222 Å². The highest BCUT2D eigenvalue weighted by Gasteiger charge is 2.51. The van der Waals surface area contributed by atoms with E-state index in [9.17, 15) is 0 Å². The van der Waals surface area contributed by atoms with Gasteiger partial charge in [-0.1, -0.05) is 176 Å². The van der Waals surface area contributed by atoms with E-state index in [1.165, 1.54) is 64.9 Å². The van der Waals surface area contributed by atoms with Crippen LogP contribution in [-0.4, -0.2) is 23.3 Å². The third-order valence-corrected chi connectivity index (χ3v) is 17.8. The molecule has 316 valence electrons. The molecular formula is C61H40N2OP2S. The highest BCUT2D eigenvalue weighted by atomic mass is 32.1. The van der Waals surface area contributed by atoms with Gasteiger partial charge in [-0.15, -0.1) is 19.9 Å². The van der Waals surface area contributed by atoms with Gasteiger partial charge in [0.15, 0.2) is 5.82 Å². The van der Waals surface area contributed by atoms with E-state index >= 15 is 0 Å². The van der Waals surface area contributed by atoms with Crippen molar-refractivity contribution in [2.24, 2.45) is 0 Å². The molecule has 0 N–H and O–H groups in total. The first kappa shape index (κ1) is 39.0. The summed E-state index contributed by atoms with van der Waals surface area (Å²) in [5.74, 6) is 2.49. The molecule has 0 fully saturated rings. The number of hydrogen-bond donors (Lipinski definition) is 0. The maximum Gasteiger partial charge on any atom is 0.161 e. The highest BCUT2D eigenvalue weighted by Crippen LogP contribution is 2.63. The van der Waals surface area contributed by atoms with Crippen LogP contribution >= 0.6 is 26.4 Å². The zero-order valence-electron chi connectivity index (χ0n) is 36.7. The molecule has 3 heterocycles. The van der Waals surface area contributed by atoms with E-state index in [0.29, 0.717) is 0 Å². The molecule has 0 bridgehead atoms. The second-order valence-electron chi connectivity index (χ2n) is 18.3. The largest absolute Gasteiger partial charge is 0.457 e. The van der Waals surface area contributed by atoms with E-state index in [1.54, 1.807) is 11.3 Å². The minimum absolute atomic E-state index is 0.590. The van der Waals surface area contributed by atoms with Crippen LogP contribution < -0.4 is 10.0 Å². The van der Waals surface area contributed by atoms with Crippen LogP contribution in [0, 0.1) is 0 Å². The Kier molecular flexibility index (Phi) is 8.39. The van der Waals surface area contributed by atoms with Gasteiger partial charge < -0.3 is 4.74 Å². The fraction of sp³-hybridized carbons (Fsp3) is 0.0492. The summed E-state index contributed by atoms with van der Waals surface area (Å²) in [5.41, 5.74) is 13.2. The summed E-state index contributed by atoms with van der Waals surface area (Å²) < 4.78 is 8.98. The van der Waals surface area contributed by atoms with Gasteiger partial charge in [-0.2, -0.15) is 0 Å². The van der Waals surface area contributed by atoms with Crippen molar-refractivity contribution < 1.29 is 4.74 Å². The molecule has 2 aliphatic rings. The third-order valence-electron chi connectivity index (χ3n) is 14.3. The summed E-state index contributed by atoms with van der Waals surface area (Å²) in [7, 11) is 4.11. The van der Waals surface area contributed by atoms with E-state index in [0.717, 1.165) is 71.6 Å². The SMILES string of the molecule is CP(C)(=P)c1cccc(-c2c3ccccc3c(-c3nc(-c4ccc5c(c4)-c4c(ccc6ccccc46)C54c5ccccc5Oc5ccccc54)c4sc5ccccc5c4n3)c3ccccc23)c1. The molecule has 0 radical (unpaired) electrons. The van der Waals surface area contributed by atoms with Crippen LogP contribution in [-0.2, 0) is 5.41 Å². The van der Waals surface area contributed by atoms with Gasteiger partial charge in [0.1, 0.15) is 11.5 Å². The Morgan fingerprint density at radius 3 is 1.78 bits per heavy atom. The summed E-state index contributed by atoms with van der Waals surface area (Å²) in [6, 6.07) is 73.2. The molecule has 1 aliphatic heterocycles. The van der Waals surface area contributed by atoms with Crippen molar-refractivity contribution in [3.63, 3.8) is 0 Å². The Morgan fingerprint density at radius 1 is 0.478 bits per heavy atom. The van der Waals surface area contributed by atoms with Crippen LogP contribution in [0.2, 0.25) is 0 Å². The number of thiophene rings is 1. The lowest BCUT2D eigenvalue weighted by Gasteiger charge is -2.39. The number of nitrogens with zero attached hydrogens (tertiary/aromatic N) is 2. The highest BCUT2D eigenvalue weighted by molar-refractivity contribution is 8.02. The zero-order chi connectivity index (χ0) is 44.6. The number of rotatable bonds is 4. The Hall–Kier alpha value is -7.19. The van der Waals surface area contributed by atoms with Crippen molar-refractivity contribution in [1.82, 2.24) is 9.97 Å². The van der Waals surface area contributed by atoms with E-state index < -0.39 is 12.0 Å². The molecule has 2 aromatic heterocycles. The molecule has 10 aromatic carbocycles. The quantitative estimate of drug-likeness (QED) is 0.130. The van der Waals surface area contributed by atoms with Crippen LogP contribution in [0.4, 0.5) is 0 Å². The average molecular weight is 911 g/mol. The lowest BCUT2D eigenvalue weighted by Crippen LogP contribution is -2.32. The number of fused-ring (bicyclic) bond motifs is 16. The van der Waals surface area contributed by atoms with Gasteiger partial charge in [0.05, 0.1) is 21.3 Å². The van der Waals surface area contributed by atoms with Crippen LogP contribution in [0.25, 0.3) is 97.5 Å². The standard InChI is InChI=1S/C61H40N2OP2S/c1-66(2,65)39-18-15-17-37(34-39)54-41-20-5-7-22-43(41)56(44-23-8-6-21-42(44)54)60-62-57(59-58(63-60)45-24-9-14-29-53(45)67-59)38-31-32-47-46(35-38)55-40-19-4-3-16-36(40)30-33-50(55)61(47)48-25-10-12-27-51(48)64-52-28-13-11-26-49(52)61/h3-35,65H,1-2H3. The Balaban J connectivity index is 1.07. The van der Waals surface area contributed by atoms with Crippen molar-refractivity contribution >= 4 is 84.3 Å². The minimum Gasteiger partial charge on any atom is -0.457 e. The minimum atomic E-state index is -1.46. The molecule has 67 heavy (non-hydrogen) atoms. The van der Waals surface area contributed by atoms with Crippen molar-refractivity contribution in [1.29, 1.82) is 0 Å². The number of para-hydroxylation sites is 2. The first-order valence-electron chi connectivity index (χ1n) is 22.7. The summed E-state index contributed by atoms with van der Waals surface area (Å²) in [5, 5.41) is 9.55. The second kappa shape index (κ2) is 14.4. The maximum absolute atomic E-state index is 6.70. The number of benzene rings is 10. The monoisotopic (exact) mass is 910 g/mol. The lowest BCUT2D eigenvalue weighted by atomic mass is 9.66. The third kappa shape index (κ3) is 5.56. The number of aromatic nitrogens is 2. The molecule has 12 aromatic rings. The summed E-state index contributed by atoms with van der Waals surface area (Å²) in [6.45, 7) is 3.16. The van der Waals surface area contributed by atoms with Crippen LogP contribution in [0.15, 0.2) is 200 Å². The first-order chi connectivity index (χ1) is 32.9. The van der Waals surface area contributed by atoms with E-state index in [4.69, 9.17) is 14.7 Å². The van der Waals surface area contributed by atoms with Gasteiger partial charge in [-0.3, -0.25) is 0 Å². The van der Waals surface area contributed by atoms with Crippen LogP contribution in [0.3, 0.4) is 0 Å². The summed E-state index contributed by atoms with van der Waals surface area (Å²) in [6.07, 6.45) is 0. The molecule has 1 aliphatic carbocycles.